The second-order valence-corrected chi connectivity index (χ2v) is 4.92. The molecule has 126 valence electrons. The number of esters is 1. The normalized spacial score (nSPS) is 11.1. The number of benzene rings is 2. The Kier molecular flexibility index (Phi) is 5.18. The lowest BCUT2D eigenvalue weighted by atomic mass is 10.1. The van der Waals surface area contributed by atoms with Gasteiger partial charge >= 0.3 is 12.1 Å². The molecular weight excluding hydrogens is 327 g/mol. The molecule has 0 spiro atoms. The Balaban J connectivity index is 2.11. The molecule has 0 unspecified atom stereocenters. The zero-order valence-corrected chi connectivity index (χ0v) is 12.2. The number of carbonyl (C=O) groups excluding carboxylic acids is 1. The number of hydrogen-bond donors (Lipinski definition) is 0. The van der Waals surface area contributed by atoms with E-state index in [9.17, 15) is 28.1 Å². The maximum Gasteiger partial charge on any atom is 0.416 e. The van der Waals surface area contributed by atoms with E-state index < -0.39 is 34.7 Å². The fourth-order valence-corrected chi connectivity index (χ4v) is 2.00. The van der Waals surface area contributed by atoms with Gasteiger partial charge < -0.3 is 4.74 Å². The molecule has 2 aromatic rings. The van der Waals surface area contributed by atoms with Crippen LogP contribution in [-0.4, -0.2) is 10.9 Å². The predicted molar refractivity (Wildman–Crippen MR) is 78.0 cm³/mol. The summed E-state index contributed by atoms with van der Waals surface area (Å²) >= 11 is 0. The van der Waals surface area contributed by atoms with Crippen molar-refractivity contribution >= 4 is 11.7 Å². The lowest BCUT2D eigenvalue weighted by Crippen LogP contribution is -2.11. The Morgan fingerprint density at radius 3 is 2.38 bits per heavy atom. The van der Waals surface area contributed by atoms with Gasteiger partial charge in [0.2, 0.25) is 0 Å². The average Bonchev–Trinajstić information content (AvgIpc) is 2.53. The topological polar surface area (TPSA) is 69.4 Å². The quantitative estimate of drug-likeness (QED) is 0.471. The monoisotopic (exact) mass is 339 g/mol. The zero-order valence-electron chi connectivity index (χ0n) is 12.2. The van der Waals surface area contributed by atoms with E-state index >= 15 is 0 Å². The first-order chi connectivity index (χ1) is 11.3. The molecule has 5 nitrogen and oxygen atoms in total. The van der Waals surface area contributed by atoms with Gasteiger partial charge in [0, 0.05) is 11.6 Å². The number of hydrogen-bond acceptors (Lipinski definition) is 4. The molecule has 0 heterocycles. The van der Waals surface area contributed by atoms with Crippen molar-refractivity contribution in [1.29, 1.82) is 0 Å². The molecule has 0 saturated heterocycles. The molecule has 2 rings (SSSR count). The van der Waals surface area contributed by atoms with E-state index in [2.05, 4.69) is 0 Å². The van der Waals surface area contributed by atoms with Crippen LogP contribution in [0.25, 0.3) is 0 Å². The third kappa shape index (κ3) is 4.55. The highest BCUT2D eigenvalue weighted by molar-refractivity contribution is 5.74. The fourth-order valence-electron chi connectivity index (χ4n) is 2.00. The Labute approximate surface area is 134 Å². The second-order valence-electron chi connectivity index (χ2n) is 4.92. The van der Waals surface area contributed by atoms with Crippen LogP contribution in [0.1, 0.15) is 16.7 Å². The molecule has 0 atom stereocenters. The lowest BCUT2D eigenvalue weighted by Gasteiger charge is -2.09. The molecule has 0 saturated carbocycles. The van der Waals surface area contributed by atoms with Crippen LogP contribution in [0.4, 0.5) is 18.9 Å². The molecule has 2 aromatic carbocycles. The van der Waals surface area contributed by atoms with Crippen LogP contribution >= 0.6 is 0 Å². The molecule has 0 N–H and O–H groups in total. The molecule has 0 aromatic heterocycles. The number of nitrogens with zero attached hydrogens (tertiary/aromatic N) is 1. The lowest BCUT2D eigenvalue weighted by molar-refractivity contribution is -0.385. The van der Waals surface area contributed by atoms with Crippen LogP contribution in [0.2, 0.25) is 0 Å². The Morgan fingerprint density at radius 1 is 1.12 bits per heavy atom. The smallest absolute Gasteiger partial charge is 0.416 e. The van der Waals surface area contributed by atoms with Gasteiger partial charge in [0.05, 0.1) is 16.9 Å². The van der Waals surface area contributed by atoms with E-state index in [-0.39, 0.29) is 12.2 Å². The van der Waals surface area contributed by atoms with Crippen molar-refractivity contribution < 1.29 is 27.6 Å². The molecule has 0 aliphatic carbocycles. The van der Waals surface area contributed by atoms with Crippen molar-refractivity contribution in [2.24, 2.45) is 0 Å². The number of nitro benzene ring substituents is 1. The van der Waals surface area contributed by atoms with E-state index in [4.69, 9.17) is 4.74 Å². The summed E-state index contributed by atoms with van der Waals surface area (Å²) in [5, 5.41) is 10.9. The van der Waals surface area contributed by atoms with Crippen molar-refractivity contribution in [2.45, 2.75) is 19.2 Å². The van der Waals surface area contributed by atoms with Crippen molar-refractivity contribution in [2.75, 3.05) is 0 Å². The first kappa shape index (κ1) is 17.5. The minimum absolute atomic E-state index is 0.0197. The van der Waals surface area contributed by atoms with E-state index in [1.165, 1.54) is 0 Å². The Morgan fingerprint density at radius 2 is 1.79 bits per heavy atom. The van der Waals surface area contributed by atoms with E-state index in [0.29, 0.717) is 12.1 Å². The number of nitro groups is 1. The summed E-state index contributed by atoms with van der Waals surface area (Å²) in [7, 11) is 0. The maximum atomic E-state index is 12.6. The highest BCUT2D eigenvalue weighted by Crippen LogP contribution is 2.33. The van der Waals surface area contributed by atoms with Gasteiger partial charge in [-0.2, -0.15) is 13.2 Å². The molecule has 8 heteroatoms. The number of carbonyl (C=O) groups is 1. The maximum absolute atomic E-state index is 12.6. The van der Waals surface area contributed by atoms with Crippen LogP contribution in [0.3, 0.4) is 0 Å². The first-order valence-corrected chi connectivity index (χ1v) is 6.81. The summed E-state index contributed by atoms with van der Waals surface area (Å²) in [5.41, 5.74) is -1.31. The van der Waals surface area contributed by atoms with Gasteiger partial charge in [-0.1, -0.05) is 36.4 Å². The molecule has 0 aliphatic heterocycles. The summed E-state index contributed by atoms with van der Waals surface area (Å²) in [6.45, 7) is -0.0197. The summed E-state index contributed by atoms with van der Waals surface area (Å²) in [6, 6.07) is 10.8. The third-order valence-corrected chi connectivity index (χ3v) is 3.19. The van der Waals surface area contributed by atoms with Gasteiger partial charge in [-0.05, 0) is 11.6 Å². The van der Waals surface area contributed by atoms with Crippen LogP contribution in [0.5, 0.6) is 0 Å². The molecule has 0 amide bonds. The Bertz CT molecular complexity index is 745. The Hall–Kier alpha value is -2.90. The number of alkyl halides is 3. The van der Waals surface area contributed by atoms with Gasteiger partial charge in [0.15, 0.2) is 0 Å². The molecule has 0 bridgehead atoms. The average molecular weight is 339 g/mol. The van der Waals surface area contributed by atoms with E-state index in [1.54, 1.807) is 30.3 Å². The summed E-state index contributed by atoms with van der Waals surface area (Å²) < 4.78 is 42.8. The van der Waals surface area contributed by atoms with Gasteiger partial charge in [0.1, 0.15) is 6.61 Å². The van der Waals surface area contributed by atoms with Gasteiger partial charge in [0.25, 0.3) is 5.69 Å². The summed E-state index contributed by atoms with van der Waals surface area (Å²) in [4.78, 5) is 21.8. The van der Waals surface area contributed by atoms with Crippen LogP contribution in [0, 0.1) is 10.1 Å². The van der Waals surface area contributed by atoms with Crippen molar-refractivity contribution in [3.63, 3.8) is 0 Å². The minimum atomic E-state index is -4.70. The molecule has 0 aliphatic rings. The SMILES string of the molecule is O=C(Cc1ccc(C(F)(F)F)cc1[N+](=O)[O-])OCc1ccccc1. The van der Waals surface area contributed by atoms with Crippen molar-refractivity contribution in [3.8, 4) is 0 Å². The standard InChI is InChI=1S/C16H12F3NO4/c17-16(18,19)13-7-6-12(14(9-13)20(22)23)8-15(21)24-10-11-4-2-1-3-5-11/h1-7,9H,8,10H2. The molecular formula is C16H12F3NO4. The van der Waals surface area contributed by atoms with Crippen LogP contribution in [-0.2, 0) is 28.7 Å². The number of rotatable bonds is 5. The highest BCUT2D eigenvalue weighted by Gasteiger charge is 2.33. The minimum Gasteiger partial charge on any atom is -0.461 e. The zero-order chi connectivity index (χ0) is 17.7. The fraction of sp³-hybridized carbons (Fsp3) is 0.188. The molecule has 0 fully saturated rings. The van der Waals surface area contributed by atoms with Crippen molar-refractivity contribution in [3.05, 3.63) is 75.3 Å². The molecule has 24 heavy (non-hydrogen) atoms. The van der Waals surface area contributed by atoms with Crippen molar-refractivity contribution in [1.82, 2.24) is 0 Å². The van der Waals surface area contributed by atoms with Gasteiger partial charge in [-0.25, -0.2) is 0 Å². The predicted octanol–water partition coefficient (Wildman–Crippen LogP) is 3.90. The number of halogens is 3. The number of ether oxygens (including phenoxy) is 1. The first-order valence-electron chi connectivity index (χ1n) is 6.81. The van der Waals surface area contributed by atoms with E-state index in [0.717, 1.165) is 11.6 Å². The largest absolute Gasteiger partial charge is 0.461 e. The van der Waals surface area contributed by atoms with Crippen LogP contribution in [0.15, 0.2) is 48.5 Å². The van der Waals surface area contributed by atoms with E-state index in [1.807, 2.05) is 0 Å². The van der Waals surface area contributed by atoms with Gasteiger partial charge in [-0.15, -0.1) is 0 Å². The third-order valence-electron chi connectivity index (χ3n) is 3.19. The summed E-state index contributed by atoms with van der Waals surface area (Å²) in [6.07, 6.45) is -5.18. The van der Waals surface area contributed by atoms with Crippen LogP contribution < -0.4 is 0 Å². The highest BCUT2D eigenvalue weighted by atomic mass is 19.4. The van der Waals surface area contributed by atoms with Gasteiger partial charge in [-0.3, -0.25) is 14.9 Å². The molecule has 0 radical (unpaired) electrons. The summed E-state index contributed by atoms with van der Waals surface area (Å²) in [5.74, 6) is -0.762. The second kappa shape index (κ2) is 7.12.